The molecule has 2 aromatic heterocycles. The van der Waals surface area contributed by atoms with Crippen molar-refractivity contribution in [1.29, 1.82) is 0 Å². The van der Waals surface area contributed by atoms with Crippen LogP contribution < -0.4 is 16.0 Å². The molecule has 0 fully saturated rings. The molecule has 3 N–H and O–H groups in total. The van der Waals surface area contributed by atoms with Crippen LogP contribution in [0.5, 0.6) is 0 Å². The first-order chi connectivity index (χ1) is 14.5. The number of likely N-dealkylation sites (N-methyl/N-ethyl adjacent to an activating group) is 1. The molecule has 3 rings (SSSR count). The number of hydrogen-bond acceptors (Lipinski definition) is 5. The number of halogens is 1. The van der Waals surface area contributed by atoms with Gasteiger partial charge in [0, 0.05) is 30.9 Å². The summed E-state index contributed by atoms with van der Waals surface area (Å²) in [7, 11) is 1.49. The molecule has 0 spiro atoms. The topological polar surface area (TPSA) is 113 Å². The number of carbonyl (C=O) groups excluding carboxylic acids is 3. The smallest absolute Gasteiger partial charge is 0.287 e. The third kappa shape index (κ3) is 5.45. The first-order valence-corrected chi connectivity index (χ1v) is 9.41. The fourth-order valence-electron chi connectivity index (χ4n) is 2.61. The van der Waals surface area contributed by atoms with Crippen molar-refractivity contribution in [3.63, 3.8) is 0 Å². The lowest BCUT2D eigenvalue weighted by molar-refractivity contribution is -0.119. The van der Waals surface area contributed by atoms with E-state index in [1.54, 1.807) is 12.1 Å². The molecular weight excluding hydrogens is 408 g/mol. The van der Waals surface area contributed by atoms with Crippen LogP contribution in [0, 0.1) is 0 Å². The largest absolute Gasteiger partial charge is 0.451 e. The summed E-state index contributed by atoms with van der Waals surface area (Å²) in [6, 6.07) is 13.7. The number of nitrogens with zero attached hydrogens (tertiary/aromatic N) is 1. The number of carbonyl (C=O) groups is 3. The van der Waals surface area contributed by atoms with Crippen LogP contribution in [0.1, 0.15) is 26.5 Å². The lowest BCUT2D eigenvalue weighted by Gasteiger charge is -2.07. The normalized spacial score (nSPS) is 10.3. The third-order valence-corrected chi connectivity index (χ3v) is 4.38. The summed E-state index contributed by atoms with van der Waals surface area (Å²) in [5, 5.41) is 7.96. The van der Waals surface area contributed by atoms with E-state index in [0.717, 1.165) is 11.1 Å². The lowest BCUT2D eigenvalue weighted by atomic mass is 10.1. The van der Waals surface area contributed by atoms with E-state index in [-0.39, 0.29) is 29.3 Å². The zero-order chi connectivity index (χ0) is 21.5. The van der Waals surface area contributed by atoms with E-state index in [9.17, 15) is 14.4 Å². The van der Waals surface area contributed by atoms with Crippen LogP contribution in [0.2, 0.25) is 5.15 Å². The van der Waals surface area contributed by atoms with Gasteiger partial charge < -0.3 is 20.4 Å². The number of pyridine rings is 1. The maximum Gasteiger partial charge on any atom is 0.287 e. The van der Waals surface area contributed by atoms with Crippen molar-refractivity contribution in [1.82, 2.24) is 20.9 Å². The van der Waals surface area contributed by atoms with Gasteiger partial charge in [-0.3, -0.25) is 14.4 Å². The van der Waals surface area contributed by atoms with Gasteiger partial charge in [-0.25, -0.2) is 4.98 Å². The number of furan rings is 1. The van der Waals surface area contributed by atoms with Crippen molar-refractivity contribution in [2.45, 2.75) is 6.54 Å². The second kappa shape index (κ2) is 9.71. The number of nitrogens with one attached hydrogen (secondary N) is 3. The highest BCUT2D eigenvalue weighted by Gasteiger charge is 2.13. The molecule has 0 saturated carbocycles. The monoisotopic (exact) mass is 426 g/mol. The number of benzene rings is 1. The van der Waals surface area contributed by atoms with Crippen molar-refractivity contribution >= 4 is 29.3 Å². The predicted octanol–water partition coefficient (Wildman–Crippen LogP) is 2.40. The Morgan fingerprint density at radius 1 is 1.03 bits per heavy atom. The van der Waals surface area contributed by atoms with E-state index in [2.05, 4.69) is 20.9 Å². The summed E-state index contributed by atoms with van der Waals surface area (Å²) >= 11 is 5.81. The average molecular weight is 427 g/mol. The Balaban J connectivity index is 1.64. The van der Waals surface area contributed by atoms with E-state index in [4.69, 9.17) is 16.0 Å². The Morgan fingerprint density at radius 3 is 2.63 bits per heavy atom. The van der Waals surface area contributed by atoms with Gasteiger partial charge in [-0.2, -0.15) is 0 Å². The molecule has 9 heteroatoms. The number of aromatic nitrogens is 1. The maximum atomic E-state index is 12.2. The lowest BCUT2D eigenvalue weighted by Crippen LogP contribution is -2.34. The highest BCUT2D eigenvalue weighted by molar-refractivity contribution is 6.29. The van der Waals surface area contributed by atoms with Crippen molar-refractivity contribution in [2.24, 2.45) is 0 Å². The van der Waals surface area contributed by atoms with E-state index in [1.165, 1.54) is 25.4 Å². The van der Waals surface area contributed by atoms with Gasteiger partial charge in [0.05, 0.1) is 6.54 Å². The number of rotatable bonds is 7. The molecule has 0 radical (unpaired) electrons. The molecule has 0 saturated heterocycles. The van der Waals surface area contributed by atoms with Gasteiger partial charge in [0.15, 0.2) is 5.76 Å². The summed E-state index contributed by atoms with van der Waals surface area (Å²) in [6.45, 7) is 0.163. The molecule has 30 heavy (non-hydrogen) atoms. The molecule has 0 bridgehead atoms. The predicted molar refractivity (Wildman–Crippen MR) is 111 cm³/mol. The zero-order valence-electron chi connectivity index (χ0n) is 16.1. The summed E-state index contributed by atoms with van der Waals surface area (Å²) in [5.74, 6) is -0.461. The van der Waals surface area contributed by atoms with Gasteiger partial charge in [0.1, 0.15) is 10.9 Å². The van der Waals surface area contributed by atoms with Crippen LogP contribution in [0.4, 0.5) is 0 Å². The minimum absolute atomic E-state index is 0.0992. The minimum Gasteiger partial charge on any atom is -0.451 e. The second-order valence-electron chi connectivity index (χ2n) is 6.27. The highest BCUT2D eigenvalue weighted by Crippen LogP contribution is 2.23. The van der Waals surface area contributed by atoms with Crippen molar-refractivity contribution in [3.8, 4) is 11.3 Å². The maximum absolute atomic E-state index is 12.2. The van der Waals surface area contributed by atoms with Crippen molar-refractivity contribution < 1.29 is 18.8 Å². The summed E-state index contributed by atoms with van der Waals surface area (Å²) in [4.78, 5) is 39.4. The third-order valence-electron chi connectivity index (χ3n) is 4.17. The van der Waals surface area contributed by atoms with E-state index < -0.39 is 5.91 Å². The Hall–Kier alpha value is -3.65. The van der Waals surface area contributed by atoms with Gasteiger partial charge in [-0.15, -0.1) is 0 Å². The summed E-state index contributed by atoms with van der Waals surface area (Å²) in [6.07, 6.45) is 1.47. The van der Waals surface area contributed by atoms with Crippen LogP contribution in [0.3, 0.4) is 0 Å². The first kappa shape index (κ1) is 21.1. The molecule has 0 atom stereocenters. The van der Waals surface area contributed by atoms with Crippen LogP contribution >= 0.6 is 11.6 Å². The Kier molecular flexibility index (Phi) is 6.82. The molecule has 0 unspecified atom stereocenters. The van der Waals surface area contributed by atoms with Crippen LogP contribution in [-0.4, -0.2) is 36.3 Å². The SMILES string of the molecule is CNC(=O)CNC(=O)c1ccc(-c2cccc(CNC(=O)c3ccnc(Cl)c3)c2)o1. The summed E-state index contributed by atoms with van der Waals surface area (Å²) in [5.41, 5.74) is 2.02. The van der Waals surface area contributed by atoms with E-state index in [1.807, 2.05) is 24.3 Å². The van der Waals surface area contributed by atoms with Crippen molar-refractivity contribution in [2.75, 3.05) is 13.6 Å². The summed E-state index contributed by atoms with van der Waals surface area (Å²) < 4.78 is 5.61. The molecule has 8 nitrogen and oxygen atoms in total. The quantitative estimate of drug-likeness (QED) is 0.502. The Labute approximate surface area is 177 Å². The fourth-order valence-corrected chi connectivity index (χ4v) is 2.79. The van der Waals surface area contributed by atoms with Gasteiger partial charge in [0.2, 0.25) is 5.91 Å². The van der Waals surface area contributed by atoms with Gasteiger partial charge in [0.25, 0.3) is 11.8 Å². The molecular formula is C21H19ClN4O4. The highest BCUT2D eigenvalue weighted by atomic mass is 35.5. The molecule has 3 aromatic rings. The van der Waals surface area contributed by atoms with E-state index in [0.29, 0.717) is 17.9 Å². The number of amides is 3. The molecule has 0 aliphatic heterocycles. The van der Waals surface area contributed by atoms with Crippen LogP contribution in [-0.2, 0) is 11.3 Å². The minimum atomic E-state index is -0.482. The molecule has 1 aromatic carbocycles. The van der Waals surface area contributed by atoms with E-state index >= 15 is 0 Å². The van der Waals surface area contributed by atoms with Gasteiger partial charge in [-0.1, -0.05) is 29.8 Å². The average Bonchev–Trinajstić information content (AvgIpc) is 3.26. The zero-order valence-corrected chi connectivity index (χ0v) is 16.8. The molecule has 2 heterocycles. The molecule has 0 aliphatic carbocycles. The standard InChI is InChI=1S/C21H19ClN4O4/c1-23-19(27)12-26-21(29)17-6-5-16(30-17)14-4-2-3-13(9-14)11-25-20(28)15-7-8-24-18(22)10-15/h2-10H,11-12H2,1H3,(H,23,27)(H,25,28)(H,26,29). The number of hydrogen-bond donors (Lipinski definition) is 3. The van der Waals surface area contributed by atoms with Crippen LogP contribution in [0.15, 0.2) is 59.1 Å². The first-order valence-electron chi connectivity index (χ1n) is 9.04. The van der Waals surface area contributed by atoms with Crippen LogP contribution in [0.25, 0.3) is 11.3 Å². The molecule has 3 amide bonds. The Bertz CT molecular complexity index is 1080. The molecule has 0 aliphatic rings. The second-order valence-corrected chi connectivity index (χ2v) is 6.66. The molecule has 154 valence electrons. The van der Waals surface area contributed by atoms with Gasteiger partial charge in [-0.05, 0) is 35.9 Å². The van der Waals surface area contributed by atoms with Gasteiger partial charge >= 0.3 is 0 Å². The Morgan fingerprint density at radius 2 is 1.87 bits per heavy atom. The van der Waals surface area contributed by atoms with Crippen molar-refractivity contribution in [3.05, 3.63) is 76.8 Å². The fraction of sp³-hybridized carbons (Fsp3) is 0.143.